The molecule has 30 heavy (non-hydrogen) atoms. The van der Waals surface area contributed by atoms with Crippen LogP contribution in [0.1, 0.15) is 56.6 Å². The van der Waals surface area contributed by atoms with Crippen molar-refractivity contribution in [3.8, 4) is 0 Å². The minimum absolute atomic E-state index is 0.0366. The highest BCUT2D eigenvalue weighted by Gasteiger charge is 2.44. The smallest absolute Gasteiger partial charge is 0.230 e. The Hall–Kier alpha value is -2.62. The number of benzene rings is 2. The normalized spacial score (nSPS) is 20.0. The number of piperidine rings is 1. The summed E-state index contributed by atoms with van der Waals surface area (Å²) in [5.41, 5.74) is 1.87. The van der Waals surface area contributed by atoms with Crippen LogP contribution in [0.4, 0.5) is 0 Å². The van der Waals surface area contributed by atoms with Gasteiger partial charge in [-0.05, 0) is 36.8 Å². The van der Waals surface area contributed by atoms with Crippen molar-refractivity contribution in [3.63, 3.8) is 0 Å². The molecule has 0 atom stereocenters. The average molecular weight is 405 g/mol. The fourth-order valence-corrected chi connectivity index (χ4v) is 5.44. The molecule has 2 fully saturated rings. The summed E-state index contributed by atoms with van der Waals surface area (Å²) in [5, 5.41) is 3.37. The second-order valence-electron chi connectivity index (χ2n) is 8.99. The zero-order chi connectivity index (χ0) is 21.0. The predicted molar refractivity (Wildman–Crippen MR) is 119 cm³/mol. The van der Waals surface area contributed by atoms with E-state index < -0.39 is 5.41 Å². The lowest BCUT2D eigenvalue weighted by Crippen LogP contribution is -2.54. The van der Waals surface area contributed by atoms with Gasteiger partial charge in [-0.25, -0.2) is 0 Å². The van der Waals surface area contributed by atoms with Crippen LogP contribution in [-0.4, -0.2) is 36.3 Å². The van der Waals surface area contributed by atoms with E-state index in [9.17, 15) is 9.59 Å². The van der Waals surface area contributed by atoms with Crippen molar-refractivity contribution < 1.29 is 9.59 Å². The minimum Gasteiger partial charge on any atom is -0.354 e. The van der Waals surface area contributed by atoms with E-state index in [4.69, 9.17) is 0 Å². The Morgan fingerprint density at radius 1 is 0.833 bits per heavy atom. The summed E-state index contributed by atoms with van der Waals surface area (Å²) in [6.45, 7) is 3.54. The first kappa shape index (κ1) is 20.6. The number of likely N-dealkylation sites (tertiary alicyclic amines) is 1. The van der Waals surface area contributed by atoms with Crippen molar-refractivity contribution >= 4 is 11.8 Å². The van der Waals surface area contributed by atoms with Crippen LogP contribution >= 0.6 is 0 Å². The number of nitrogens with zero attached hydrogens (tertiary/aromatic N) is 1. The molecule has 1 N–H and O–H groups in total. The van der Waals surface area contributed by atoms with Crippen molar-refractivity contribution in [2.45, 2.75) is 56.3 Å². The Morgan fingerprint density at radius 2 is 1.37 bits per heavy atom. The molecular weight excluding hydrogens is 372 g/mol. The third-order valence-electron chi connectivity index (χ3n) is 7.36. The Labute approximate surface area is 179 Å². The first-order valence-corrected chi connectivity index (χ1v) is 11.2. The fourth-order valence-electron chi connectivity index (χ4n) is 5.44. The van der Waals surface area contributed by atoms with Gasteiger partial charge in [0.1, 0.15) is 0 Å². The van der Waals surface area contributed by atoms with Crippen LogP contribution in [0.25, 0.3) is 0 Å². The molecule has 158 valence electrons. The highest BCUT2D eigenvalue weighted by Crippen LogP contribution is 2.41. The third-order valence-corrected chi connectivity index (χ3v) is 7.36. The zero-order valence-corrected chi connectivity index (χ0v) is 17.9. The highest BCUT2D eigenvalue weighted by atomic mass is 16.2. The van der Waals surface area contributed by atoms with Crippen molar-refractivity contribution in [2.24, 2.45) is 0 Å². The summed E-state index contributed by atoms with van der Waals surface area (Å²) < 4.78 is 0. The van der Waals surface area contributed by atoms with Crippen LogP contribution in [0.2, 0.25) is 0 Å². The van der Waals surface area contributed by atoms with E-state index in [1.165, 1.54) is 18.4 Å². The van der Waals surface area contributed by atoms with E-state index in [0.29, 0.717) is 32.5 Å². The molecular formula is C26H32N2O2. The fraction of sp³-hybridized carbons (Fsp3) is 0.462. The van der Waals surface area contributed by atoms with Crippen molar-refractivity contribution in [2.75, 3.05) is 19.6 Å². The first-order chi connectivity index (χ1) is 14.6. The van der Waals surface area contributed by atoms with Crippen LogP contribution in [0, 0.1) is 0 Å². The molecule has 0 unspecified atom stereocenters. The molecule has 4 nitrogen and oxygen atoms in total. The van der Waals surface area contributed by atoms with E-state index in [0.717, 1.165) is 18.4 Å². The average Bonchev–Trinajstić information content (AvgIpc) is 3.29. The van der Waals surface area contributed by atoms with E-state index in [1.807, 2.05) is 23.1 Å². The van der Waals surface area contributed by atoms with Gasteiger partial charge in [0.2, 0.25) is 11.8 Å². The summed E-state index contributed by atoms with van der Waals surface area (Å²) in [7, 11) is 0. The van der Waals surface area contributed by atoms with Crippen LogP contribution in [0.5, 0.6) is 0 Å². The number of amides is 2. The van der Waals surface area contributed by atoms with E-state index in [-0.39, 0.29) is 17.2 Å². The SMILES string of the molecule is CC(=O)N1CCC(C(=O)NCC2(c3ccccc3)CCCC2)(c2ccccc2)CC1. The van der Waals surface area contributed by atoms with E-state index >= 15 is 0 Å². The molecule has 2 aromatic carbocycles. The molecule has 0 radical (unpaired) electrons. The molecule has 1 aliphatic heterocycles. The maximum absolute atomic E-state index is 13.7. The molecule has 4 heteroatoms. The number of hydrogen-bond acceptors (Lipinski definition) is 2. The molecule has 1 aliphatic carbocycles. The van der Waals surface area contributed by atoms with Gasteiger partial charge in [-0.2, -0.15) is 0 Å². The van der Waals surface area contributed by atoms with Gasteiger partial charge in [0.15, 0.2) is 0 Å². The number of nitrogens with one attached hydrogen (secondary N) is 1. The van der Waals surface area contributed by atoms with Crippen LogP contribution in [-0.2, 0) is 20.4 Å². The Kier molecular flexibility index (Phi) is 5.94. The van der Waals surface area contributed by atoms with Crippen LogP contribution in [0.15, 0.2) is 60.7 Å². The number of carbonyl (C=O) groups is 2. The summed E-state index contributed by atoms with van der Waals surface area (Å²) in [6.07, 6.45) is 5.99. The second kappa shape index (κ2) is 8.63. The molecule has 2 aromatic rings. The maximum Gasteiger partial charge on any atom is 0.230 e. The molecule has 0 bridgehead atoms. The molecule has 1 saturated carbocycles. The third kappa shape index (κ3) is 3.88. The van der Waals surface area contributed by atoms with Crippen LogP contribution < -0.4 is 5.32 Å². The number of carbonyl (C=O) groups excluding carboxylic acids is 2. The van der Waals surface area contributed by atoms with Gasteiger partial charge in [-0.1, -0.05) is 73.5 Å². The predicted octanol–water partition coefficient (Wildman–Crippen LogP) is 4.19. The largest absolute Gasteiger partial charge is 0.354 e. The molecule has 1 saturated heterocycles. The van der Waals surface area contributed by atoms with Crippen molar-refractivity contribution in [3.05, 3.63) is 71.8 Å². The van der Waals surface area contributed by atoms with Gasteiger partial charge in [-0.3, -0.25) is 9.59 Å². The molecule has 0 aromatic heterocycles. The first-order valence-electron chi connectivity index (χ1n) is 11.2. The van der Waals surface area contributed by atoms with Crippen molar-refractivity contribution in [1.82, 2.24) is 10.2 Å². The lowest BCUT2D eigenvalue weighted by Gasteiger charge is -2.41. The summed E-state index contributed by atoms with van der Waals surface area (Å²) in [4.78, 5) is 27.4. The van der Waals surface area contributed by atoms with E-state index in [2.05, 4.69) is 47.8 Å². The number of hydrogen-bond donors (Lipinski definition) is 1. The monoisotopic (exact) mass is 404 g/mol. The molecule has 4 rings (SSSR count). The lowest BCUT2D eigenvalue weighted by molar-refractivity contribution is -0.135. The Morgan fingerprint density at radius 3 is 1.90 bits per heavy atom. The minimum atomic E-state index is -0.566. The van der Waals surface area contributed by atoms with Gasteiger partial charge in [0.05, 0.1) is 5.41 Å². The summed E-state index contributed by atoms with van der Waals surface area (Å²) in [5.74, 6) is 0.199. The van der Waals surface area contributed by atoms with Gasteiger partial charge in [0, 0.05) is 32.0 Å². The van der Waals surface area contributed by atoms with Gasteiger partial charge < -0.3 is 10.2 Å². The van der Waals surface area contributed by atoms with Crippen LogP contribution in [0.3, 0.4) is 0 Å². The van der Waals surface area contributed by atoms with E-state index in [1.54, 1.807) is 6.92 Å². The highest BCUT2D eigenvalue weighted by molar-refractivity contribution is 5.89. The lowest BCUT2D eigenvalue weighted by atomic mass is 9.71. The summed E-state index contributed by atoms with van der Waals surface area (Å²) in [6, 6.07) is 20.8. The second-order valence-corrected chi connectivity index (χ2v) is 8.99. The van der Waals surface area contributed by atoms with Gasteiger partial charge >= 0.3 is 0 Å². The zero-order valence-electron chi connectivity index (χ0n) is 17.9. The van der Waals surface area contributed by atoms with Crippen molar-refractivity contribution in [1.29, 1.82) is 0 Å². The molecule has 0 spiro atoms. The quantitative estimate of drug-likeness (QED) is 0.812. The van der Waals surface area contributed by atoms with Gasteiger partial charge in [0.25, 0.3) is 0 Å². The molecule has 2 aliphatic rings. The maximum atomic E-state index is 13.7. The Bertz CT molecular complexity index is 864. The topological polar surface area (TPSA) is 49.4 Å². The molecule has 2 amide bonds. The standard InChI is InChI=1S/C26H32N2O2/c1-21(29)28-18-16-26(17-19-28,23-12-6-3-7-13-23)24(30)27-20-25(14-8-9-15-25)22-10-4-2-5-11-22/h2-7,10-13H,8-9,14-20H2,1H3,(H,27,30). The summed E-state index contributed by atoms with van der Waals surface area (Å²) >= 11 is 0. The van der Waals surface area contributed by atoms with Gasteiger partial charge in [-0.15, -0.1) is 0 Å². The Balaban J connectivity index is 1.56. The molecule has 1 heterocycles. The number of rotatable bonds is 5.